The molecule has 0 saturated heterocycles. The molecule has 1 aliphatic heterocycles. The zero-order valence-corrected chi connectivity index (χ0v) is 17.6. The largest absolute Gasteiger partial charge is 0.355 e. The van der Waals surface area contributed by atoms with Gasteiger partial charge in [0.05, 0.1) is 36.4 Å². The van der Waals surface area contributed by atoms with E-state index in [1.165, 1.54) is 0 Å². The van der Waals surface area contributed by atoms with E-state index >= 15 is 0 Å². The third-order valence-electron chi connectivity index (χ3n) is 5.12. The van der Waals surface area contributed by atoms with E-state index in [1.54, 1.807) is 33.8 Å². The summed E-state index contributed by atoms with van der Waals surface area (Å²) in [4.78, 5) is 24.9. The van der Waals surface area contributed by atoms with Crippen LogP contribution < -0.4 is 5.32 Å². The molecule has 0 aliphatic carbocycles. The van der Waals surface area contributed by atoms with Crippen LogP contribution in [0.5, 0.6) is 0 Å². The Hall–Kier alpha value is -3.56. The molecule has 156 valence electrons. The smallest absolute Gasteiger partial charge is 0.181 e. The van der Waals surface area contributed by atoms with E-state index in [-0.39, 0.29) is 12.3 Å². The molecule has 4 heterocycles. The fourth-order valence-corrected chi connectivity index (χ4v) is 4.84. The Kier molecular flexibility index (Phi) is 4.97. The van der Waals surface area contributed by atoms with Crippen molar-refractivity contribution in [1.29, 1.82) is 0 Å². The molecule has 1 unspecified atom stereocenters. The van der Waals surface area contributed by atoms with Crippen LogP contribution in [0.25, 0.3) is 11.3 Å². The van der Waals surface area contributed by atoms with Crippen molar-refractivity contribution in [2.45, 2.75) is 11.6 Å². The lowest BCUT2D eigenvalue weighted by atomic mass is 10.0. The lowest BCUT2D eigenvalue weighted by Gasteiger charge is -2.24. The summed E-state index contributed by atoms with van der Waals surface area (Å²) < 4.78 is 16.4. The number of H-pyrrole nitrogens is 1. The zero-order valence-electron chi connectivity index (χ0n) is 16.8. The van der Waals surface area contributed by atoms with Crippen molar-refractivity contribution in [1.82, 2.24) is 23.8 Å². The summed E-state index contributed by atoms with van der Waals surface area (Å²) in [5, 5.41) is 3.84. The van der Waals surface area contributed by atoms with Gasteiger partial charge in [0.25, 0.3) is 0 Å². The highest BCUT2D eigenvalue weighted by molar-refractivity contribution is 7.82. The fourth-order valence-electron chi connectivity index (χ4n) is 3.70. The van der Waals surface area contributed by atoms with Crippen molar-refractivity contribution in [2.24, 2.45) is 7.05 Å². The summed E-state index contributed by atoms with van der Waals surface area (Å²) in [7, 11) is 0.293. The number of nitrogens with one attached hydrogen (secondary N) is 2. The number of ketones is 1. The molecule has 2 N–H and O–H groups in total. The zero-order chi connectivity index (χ0) is 21.4. The molecule has 5 rings (SSSR count). The van der Waals surface area contributed by atoms with Crippen LogP contribution in [0.15, 0.2) is 72.4 Å². The molecule has 1 atom stereocenters. The number of fused-ring (bicyclic) bond motifs is 1. The fraction of sp³-hybridized carbons (Fsp3) is 0.136. The first-order valence-electron chi connectivity index (χ1n) is 9.75. The van der Waals surface area contributed by atoms with E-state index in [4.69, 9.17) is 0 Å². The quantitative estimate of drug-likeness (QED) is 0.505. The molecule has 1 aromatic carbocycles. The van der Waals surface area contributed by atoms with Crippen LogP contribution in [-0.4, -0.2) is 40.4 Å². The summed E-state index contributed by atoms with van der Waals surface area (Å²) in [6, 6.07) is 13.5. The number of nitrogens with zero attached hydrogens (tertiary/aromatic N) is 4. The summed E-state index contributed by atoms with van der Waals surface area (Å²) >= 11 is 0. The average molecular weight is 433 g/mol. The topological polar surface area (TPSA) is 95.9 Å². The Morgan fingerprint density at radius 2 is 1.87 bits per heavy atom. The van der Waals surface area contributed by atoms with E-state index in [2.05, 4.69) is 20.3 Å². The van der Waals surface area contributed by atoms with Crippen molar-refractivity contribution >= 4 is 28.1 Å². The number of hydrogen-bond donors (Lipinski definition) is 2. The van der Waals surface area contributed by atoms with E-state index in [0.717, 1.165) is 28.3 Å². The van der Waals surface area contributed by atoms with Crippen LogP contribution in [0.3, 0.4) is 0 Å². The summed E-state index contributed by atoms with van der Waals surface area (Å²) in [6.07, 6.45) is 6.73. The second kappa shape index (κ2) is 7.93. The van der Waals surface area contributed by atoms with Gasteiger partial charge in [0.1, 0.15) is 11.0 Å². The van der Waals surface area contributed by atoms with Crippen molar-refractivity contribution in [2.75, 3.05) is 11.9 Å². The van der Waals surface area contributed by atoms with Crippen LogP contribution in [0, 0.1) is 0 Å². The SMILES string of the molecule is Cn1cnc(S(=O)N2CC(=O)c3c([nH]c(-c4ccncc4)c3Nc3ccccc3)C2)c1. The van der Waals surface area contributed by atoms with Crippen molar-refractivity contribution in [3.05, 3.63) is 78.6 Å². The maximum atomic E-state index is 13.2. The summed E-state index contributed by atoms with van der Waals surface area (Å²) in [5.74, 6) is -0.0967. The van der Waals surface area contributed by atoms with Gasteiger partial charge in [-0.05, 0) is 24.3 Å². The van der Waals surface area contributed by atoms with E-state index < -0.39 is 11.0 Å². The van der Waals surface area contributed by atoms with E-state index in [1.807, 2.05) is 49.5 Å². The number of benzene rings is 1. The second-order valence-electron chi connectivity index (χ2n) is 7.30. The van der Waals surface area contributed by atoms with Gasteiger partial charge in [-0.25, -0.2) is 13.5 Å². The van der Waals surface area contributed by atoms with Gasteiger partial charge in [-0.3, -0.25) is 9.78 Å². The van der Waals surface area contributed by atoms with Gasteiger partial charge in [0.15, 0.2) is 10.8 Å². The first kappa shape index (κ1) is 19.4. The number of aromatic nitrogens is 4. The van der Waals surface area contributed by atoms with Gasteiger partial charge in [-0.1, -0.05) is 18.2 Å². The van der Waals surface area contributed by atoms with E-state index in [0.29, 0.717) is 17.1 Å². The third kappa shape index (κ3) is 3.69. The lowest BCUT2D eigenvalue weighted by molar-refractivity contribution is 0.0953. The van der Waals surface area contributed by atoms with Crippen LogP contribution in [0.1, 0.15) is 16.1 Å². The molecule has 0 saturated carbocycles. The van der Waals surface area contributed by atoms with Crippen LogP contribution in [0.4, 0.5) is 11.4 Å². The van der Waals surface area contributed by atoms with E-state index in [9.17, 15) is 9.00 Å². The first-order valence-corrected chi connectivity index (χ1v) is 10.9. The molecule has 8 nitrogen and oxygen atoms in total. The van der Waals surface area contributed by atoms with Crippen molar-refractivity contribution in [3.63, 3.8) is 0 Å². The van der Waals surface area contributed by atoms with Crippen LogP contribution in [-0.2, 0) is 24.6 Å². The summed E-state index contributed by atoms with van der Waals surface area (Å²) in [5.41, 5.74) is 4.64. The normalized spacial score (nSPS) is 14.9. The van der Waals surface area contributed by atoms with Crippen LogP contribution in [0.2, 0.25) is 0 Å². The monoisotopic (exact) mass is 432 g/mol. The molecule has 0 fully saturated rings. The third-order valence-corrected chi connectivity index (χ3v) is 6.41. The predicted molar refractivity (Wildman–Crippen MR) is 118 cm³/mol. The minimum absolute atomic E-state index is 0.0489. The van der Waals surface area contributed by atoms with Crippen molar-refractivity contribution in [3.8, 4) is 11.3 Å². The highest BCUT2D eigenvalue weighted by Gasteiger charge is 2.33. The Balaban J connectivity index is 1.56. The molecule has 31 heavy (non-hydrogen) atoms. The molecule has 0 amide bonds. The number of aromatic amines is 1. The number of carbonyl (C=O) groups is 1. The molecule has 4 aromatic rings. The molecule has 3 aromatic heterocycles. The molecule has 0 spiro atoms. The van der Waals surface area contributed by atoms with Gasteiger partial charge >= 0.3 is 0 Å². The number of rotatable bonds is 5. The number of imidazole rings is 1. The number of Topliss-reactive ketones (excluding diaryl/α,β-unsaturated/α-hetero) is 1. The van der Waals surface area contributed by atoms with Crippen molar-refractivity contribution < 1.29 is 9.00 Å². The Labute approximate surface area is 181 Å². The summed E-state index contributed by atoms with van der Waals surface area (Å²) in [6.45, 7) is 0.395. The Bertz CT molecular complexity index is 1270. The van der Waals surface area contributed by atoms with Crippen LogP contribution >= 0.6 is 0 Å². The minimum Gasteiger partial charge on any atom is -0.355 e. The molecule has 0 bridgehead atoms. The number of pyridine rings is 1. The number of hydrogen-bond acceptors (Lipinski definition) is 5. The standard InChI is InChI=1S/C22H20N6O2S/c1-27-13-19(24-14-27)31(30)28-11-17-20(18(29)12-28)22(25-16-5-3-2-4-6-16)21(26-17)15-7-9-23-10-8-15/h2-10,13-14,25-26H,11-12H2,1H3. The number of aryl methyl sites for hydroxylation is 1. The number of para-hydroxylation sites is 1. The Morgan fingerprint density at radius 3 is 2.58 bits per heavy atom. The molecular formula is C22H20N6O2S. The number of carbonyl (C=O) groups excluding carboxylic acids is 1. The maximum absolute atomic E-state index is 13.2. The Morgan fingerprint density at radius 1 is 1.10 bits per heavy atom. The average Bonchev–Trinajstić information content (AvgIpc) is 3.38. The predicted octanol–water partition coefficient (Wildman–Crippen LogP) is 3.27. The first-order chi connectivity index (χ1) is 15.1. The van der Waals surface area contributed by atoms with Gasteiger partial charge in [0, 0.05) is 42.6 Å². The minimum atomic E-state index is -1.53. The molecular weight excluding hydrogens is 412 g/mol. The second-order valence-corrected chi connectivity index (χ2v) is 8.74. The highest BCUT2D eigenvalue weighted by Crippen LogP contribution is 2.38. The van der Waals surface area contributed by atoms with Gasteiger partial charge in [-0.2, -0.15) is 0 Å². The highest BCUT2D eigenvalue weighted by atomic mass is 32.2. The molecule has 9 heteroatoms. The lowest BCUT2D eigenvalue weighted by Crippen LogP contribution is -2.36. The maximum Gasteiger partial charge on any atom is 0.181 e. The van der Waals surface area contributed by atoms with Gasteiger partial charge in [-0.15, -0.1) is 0 Å². The van der Waals surface area contributed by atoms with Gasteiger partial charge in [0.2, 0.25) is 0 Å². The molecule has 0 radical (unpaired) electrons. The van der Waals surface area contributed by atoms with Gasteiger partial charge < -0.3 is 14.9 Å². The number of anilines is 2. The molecule has 1 aliphatic rings.